The van der Waals surface area contributed by atoms with Gasteiger partial charge in [-0.3, -0.25) is 4.79 Å². The Morgan fingerprint density at radius 1 is 1.10 bits per heavy atom. The van der Waals surface area contributed by atoms with Crippen LogP contribution in [0, 0.1) is 25.2 Å². The molecule has 1 fully saturated rings. The van der Waals surface area contributed by atoms with Crippen LogP contribution in [-0.2, 0) is 12.5 Å². The predicted octanol–water partition coefficient (Wildman–Crippen LogP) is 6.23. The third-order valence-electron chi connectivity index (χ3n) is 6.19. The summed E-state index contributed by atoms with van der Waals surface area (Å²) in [7, 11) is 1.77. The molecule has 0 bridgehead atoms. The van der Waals surface area contributed by atoms with Crippen molar-refractivity contribution >= 4 is 21.4 Å². The van der Waals surface area contributed by atoms with Crippen LogP contribution in [0.4, 0.5) is 0 Å². The molecule has 0 N–H and O–H groups in total. The minimum Gasteiger partial charge on any atom is -0.456 e. The molecular weight excluding hydrogens is 404 g/mol. The number of ether oxygens (including phenoxy) is 1. The van der Waals surface area contributed by atoms with Crippen molar-refractivity contribution < 1.29 is 4.74 Å². The van der Waals surface area contributed by atoms with Gasteiger partial charge >= 0.3 is 0 Å². The number of nitriles is 1. The summed E-state index contributed by atoms with van der Waals surface area (Å²) in [5, 5.41) is 12.4. The van der Waals surface area contributed by atoms with Crippen molar-refractivity contribution in [2.24, 2.45) is 7.05 Å². The quantitative estimate of drug-likeness (QED) is 0.389. The normalized spacial score (nSPS) is 14.4. The first kappa shape index (κ1) is 19.6. The van der Waals surface area contributed by atoms with Gasteiger partial charge in [0.05, 0.1) is 16.9 Å². The maximum atomic E-state index is 12.6. The van der Waals surface area contributed by atoms with Gasteiger partial charge in [0.25, 0.3) is 5.56 Å². The summed E-state index contributed by atoms with van der Waals surface area (Å²) in [6.07, 6.45) is 3.63. The Kier molecular flexibility index (Phi) is 4.49. The van der Waals surface area contributed by atoms with Crippen molar-refractivity contribution in [3.8, 4) is 28.7 Å². The minimum absolute atomic E-state index is 0.0101. The first-order valence-corrected chi connectivity index (χ1v) is 11.2. The Balaban J connectivity index is 1.76. The highest BCUT2D eigenvalue weighted by atomic mass is 32.1. The third kappa shape index (κ3) is 3.15. The van der Waals surface area contributed by atoms with Crippen molar-refractivity contribution in [3.63, 3.8) is 0 Å². The number of fused-ring (bicyclic) bond motifs is 1. The van der Waals surface area contributed by atoms with Crippen molar-refractivity contribution in [2.75, 3.05) is 0 Å². The zero-order valence-corrected chi connectivity index (χ0v) is 18.5. The van der Waals surface area contributed by atoms with Crippen LogP contribution >= 0.6 is 11.3 Å². The third-order valence-corrected chi connectivity index (χ3v) is 7.14. The molecule has 0 aliphatic heterocycles. The Morgan fingerprint density at radius 2 is 1.84 bits per heavy atom. The molecule has 1 aliphatic carbocycles. The number of nitrogens with zero attached hydrogens (tertiary/aromatic N) is 2. The number of hydrogen-bond donors (Lipinski definition) is 0. The van der Waals surface area contributed by atoms with E-state index in [1.54, 1.807) is 23.0 Å². The van der Waals surface area contributed by atoms with Crippen LogP contribution in [0.2, 0.25) is 0 Å². The standard InChI is InChI=1S/C26H22N2O2S/c1-16-5-4-6-17(2)23(16)30-22-8-7-18(26(15-27)10-11-26)13-20(22)21-14-28(3)25(29)19-9-12-31-24(19)21/h4-9,12-14H,10-11H2,1-3H3. The molecule has 0 unspecified atom stereocenters. The lowest BCUT2D eigenvalue weighted by Gasteiger charge is -2.18. The average molecular weight is 427 g/mol. The van der Waals surface area contributed by atoms with Gasteiger partial charge in [0.1, 0.15) is 11.5 Å². The smallest absolute Gasteiger partial charge is 0.259 e. The van der Waals surface area contributed by atoms with Gasteiger partial charge in [-0.25, -0.2) is 0 Å². The first-order chi connectivity index (χ1) is 14.9. The molecule has 31 heavy (non-hydrogen) atoms. The molecule has 0 radical (unpaired) electrons. The van der Waals surface area contributed by atoms with E-state index >= 15 is 0 Å². The van der Waals surface area contributed by atoms with E-state index in [2.05, 4.69) is 12.1 Å². The summed E-state index contributed by atoms with van der Waals surface area (Å²) in [5.41, 5.74) is 4.58. The van der Waals surface area contributed by atoms with Gasteiger partial charge in [-0.2, -0.15) is 5.26 Å². The fourth-order valence-corrected chi connectivity index (χ4v) is 5.08. The molecule has 4 aromatic rings. The molecule has 5 rings (SSSR count). The molecular formula is C26H22N2O2S. The van der Waals surface area contributed by atoms with Gasteiger partial charge in [-0.15, -0.1) is 11.3 Å². The van der Waals surface area contributed by atoms with E-state index in [4.69, 9.17) is 4.74 Å². The summed E-state index contributed by atoms with van der Waals surface area (Å²) >= 11 is 1.55. The molecule has 0 atom stereocenters. The highest BCUT2D eigenvalue weighted by Crippen LogP contribution is 2.50. The number of aromatic nitrogens is 1. The molecule has 0 amide bonds. The second-order valence-electron chi connectivity index (χ2n) is 8.35. The molecule has 2 heterocycles. The summed E-state index contributed by atoms with van der Waals surface area (Å²) in [6.45, 7) is 4.07. The lowest BCUT2D eigenvalue weighted by molar-refractivity contribution is 0.476. The van der Waals surface area contributed by atoms with Crippen molar-refractivity contribution in [3.05, 3.63) is 81.1 Å². The van der Waals surface area contributed by atoms with Crippen LogP contribution in [0.5, 0.6) is 11.5 Å². The van der Waals surface area contributed by atoms with Crippen LogP contribution in [0.3, 0.4) is 0 Å². The molecule has 0 saturated heterocycles. The van der Waals surface area contributed by atoms with Crippen LogP contribution in [0.1, 0.15) is 29.5 Å². The molecule has 1 aliphatic rings. The number of pyridine rings is 1. The maximum absolute atomic E-state index is 12.6. The lowest BCUT2D eigenvalue weighted by atomic mass is 9.93. The second kappa shape index (κ2) is 7.11. The Morgan fingerprint density at radius 3 is 2.52 bits per heavy atom. The molecule has 154 valence electrons. The van der Waals surface area contributed by atoms with E-state index in [0.29, 0.717) is 5.39 Å². The van der Waals surface area contributed by atoms with E-state index in [0.717, 1.165) is 56.9 Å². The summed E-state index contributed by atoms with van der Waals surface area (Å²) in [4.78, 5) is 12.6. The molecule has 0 spiro atoms. The van der Waals surface area contributed by atoms with Gasteiger partial charge in [0.2, 0.25) is 0 Å². The Labute approximate surface area is 185 Å². The molecule has 2 aromatic carbocycles. The van der Waals surface area contributed by atoms with Gasteiger partial charge in [0.15, 0.2) is 0 Å². The lowest BCUT2D eigenvalue weighted by Crippen LogP contribution is -2.15. The topological polar surface area (TPSA) is 55.0 Å². The van der Waals surface area contributed by atoms with Crippen LogP contribution in [-0.4, -0.2) is 4.57 Å². The highest BCUT2D eigenvalue weighted by Gasteiger charge is 2.45. The van der Waals surface area contributed by atoms with E-state index in [9.17, 15) is 10.1 Å². The number of para-hydroxylation sites is 1. The van der Waals surface area contributed by atoms with Gasteiger partial charge in [-0.1, -0.05) is 24.3 Å². The van der Waals surface area contributed by atoms with Crippen LogP contribution < -0.4 is 10.3 Å². The van der Waals surface area contributed by atoms with E-state index in [-0.39, 0.29) is 5.56 Å². The monoisotopic (exact) mass is 426 g/mol. The number of hydrogen-bond acceptors (Lipinski definition) is 4. The number of thiophene rings is 1. The average Bonchev–Trinajstić information content (AvgIpc) is 3.41. The predicted molar refractivity (Wildman–Crippen MR) is 125 cm³/mol. The highest BCUT2D eigenvalue weighted by molar-refractivity contribution is 7.17. The zero-order chi connectivity index (χ0) is 21.8. The summed E-state index contributed by atoms with van der Waals surface area (Å²) in [6, 6.07) is 16.5. The first-order valence-electron chi connectivity index (χ1n) is 10.3. The van der Waals surface area contributed by atoms with E-state index < -0.39 is 5.41 Å². The molecule has 4 nitrogen and oxygen atoms in total. The van der Waals surface area contributed by atoms with Gasteiger partial charge in [0, 0.05) is 29.1 Å². The zero-order valence-electron chi connectivity index (χ0n) is 17.7. The minimum atomic E-state index is -0.402. The van der Waals surface area contributed by atoms with E-state index in [1.165, 1.54) is 0 Å². The summed E-state index contributed by atoms with van der Waals surface area (Å²) in [5.74, 6) is 1.56. The van der Waals surface area contributed by atoms with Crippen LogP contribution in [0.15, 0.2) is 58.8 Å². The summed E-state index contributed by atoms with van der Waals surface area (Å²) < 4.78 is 9.04. The number of rotatable bonds is 4. The largest absolute Gasteiger partial charge is 0.456 e. The van der Waals surface area contributed by atoms with Crippen molar-refractivity contribution in [1.82, 2.24) is 4.57 Å². The fraction of sp³-hybridized carbons (Fsp3) is 0.231. The Bertz CT molecular complexity index is 1410. The maximum Gasteiger partial charge on any atom is 0.259 e. The number of benzene rings is 2. The van der Waals surface area contributed by atoms with Gasteiger partial charge < -0.3 is 9.30 Å². The SMILES string of the molecule is Cc1cccc(C)c1Oc1ccc(C2(C#N)CC2)cc1-c1cn(C)c(=O)c2ccsc12. The van der Waals surface area contributed by atoms with E-state index in [1.807, 2.05) is 61.8 Å². The van der Waals surface area contributed by atoms with Crippen molar-refractivity contribution in [1.29, 1.82) is 5.26 Å². The second-order valence-corrected chi connectivity index (χ2v) is 9.27. The fourth-order valence-electron chi connectivity index (χ4n) is 4.17. The molecule has 2 aromatic heterocycles. The number of aryl methyl sites for hydroxylation is 3. The molecule has 5 heteroatoms. The Hall–Kier alpha value is -3.36. The van der Waals surface area contributed by atoms with Crippen LogP contribution in [0.25, 0.3) is 21.2 Å². The van der Waals surface area contributed by atoms with Gasteiger partial charge in [-0.05, 0) is 67.0 Å². The molecule has 1 saturated carbocycles. The van der Waals surface area contributed by atoms with Crippen molar-refractivity contribution in [2.45, 2.75) is 32.1 Å².